The highest BCUT2D eigenvalue weighted by Crippen LogP contribution is 2.25. The number of nitrogens with zero attached hydrogens (tertiary/aromatic N) is 1. The van der Waals surface area contributed by atoms with Gasteiger partial charge in [0.25, 0.3) is 5.91 Å². The van der Waals surface area contributed by atoms with Crippen LogP contribution in [0.2, 0.25) is 0 Å². The van der Waals surface area contributed by atoms with Crippen molar-refractivity contribution >= 4 is 33.2 Å². The van der Waals surface area contributed by atoms with Crippen molar-refractivity contribution in [1.82, 2.24) is 5.32 Å². The van der Waals surface area contributed by atoms with Gasteiger partial charge in [-0.2, -0.15) is 0 Å². The van der Waals surface area contributed by atoms with Crippen LogP contribution in [-0.2, 0) is 14.8 Å². The van der Waals surface area contributed by atoms with Gasteiger partial charge in [0.15, 0.2) is 0 Å². The Bertz CT molecular complexity index is 1040. The van der Waals surface area contributed by atoms with Gasteiger partial charge in [-0.3, -0.25) is 13.9 Å². The zero-order valence-electron chi connectivity index (χ0n) is 19.1. The molecule has 0 heterocycles. The Kier molecular flexibility index (Phi) is 8.65. The predicted octanol–water partition coefficient (Wildman–Crippen LogP) is 3.41. The smallest absolute Gasteiger partial charge is 0.253 e. The van der Waals surface area contributed by atoms with Gasteiger partial charge in [-0.1, -0.05) is 19.1 Å². The zero-order valence-corrected chi connectivity index (χ0v) is 19.9. The van der Waals surface area contributed by atoms with Crippen LogP contribution in [0.15, 0.2) is 48.5 Å². The number of benzene rings is 2. The monoisotopic (exact) mass is 461 g/mol. The van der Waals surface area contributed by atoms with Gasteiger partial charge in [-0.15, -0.1) is 0 Å². The Morgan fingerprint density at radius 2 is 1.66 bits per heavy atom. The lowest BCUT2D eigenvalue weighted by molar-refractivity contribution is -0.116. The average molecular weight is 462 g/mol. The van der Waals surface area contributed by atoms with E-state index in [0.717, 1.165) is 17.0 Å². The SMILES string of the molecule is CCOc1ccc(N(C(C)C(=O)Nc2ccccc2C(=O)NC(C)CC)S(C)(=O)=O)cc1. The maximum atomic E-state index is 13.0. The Labute approximate surface area is 190 Å². The van der Waals surface area contributed by atoms with Crippen LogP contribution in [0.25, 0.3) is 0 Å². The third kappa shape index (κ3) is 6.46. The van der Waals surface area contributed by atoms with E-state index in [0.29, 0.717) is 29.3 Å². The number of ether oxygens (including phenoxy) is 1. The highest BCUT2D eigenvalue weighted by molar-refractivity contribution is 7.92. The molecule has 174 valence electrons. The molecule has 2 unspecified atom stereocenters. The Morgan fingerprint density at radius 1 is 1.03 bits per heavy atom. The quantitative estimate of drug-likeness (QED) is 0.564. The molecule has 0 bridgehead atoms. The van der Waals surface area contributed by atoms with E-state index in [2.05, 4.69) is 10.6 Å². The number of sulfonamides is 1. The lowest BCUT2D eigenvalue weighted by atomic mass is 10.1. The van der Waals surface area contributed by atoms with Gasteiger partial charge in [0.05, 0.1) is 29.8 Å². The molecule has 8 nitrogen and oxygen atoms in total. The van der Waals surface area contributed by atoms with E-state index >= 15 is 0 Å². The molecule has 0 aliphatic heterocycles. The molecular weight excluding hydrogens is 430 g/mol. The van der Waals surface area contributed by atoms with Crippen LogP contribution in [0.1, 0.15) is 44.5 Å². The molecule has 0 fully saturated rings. The van der Waals surface area contributed by atoms with Crippen molar-refractivity contribution in [1.29, 1.82) is 0 Å². The van der Waals surface area contributed by atoms with Crippen LogP contribution in [0, 0.1) is 0 Å². The second-order valence-electron chi connectivity index (χ2n) is 7.48. The summed E-state index contributed by atoms with van der Waals surface area (Å²) in [5.74, 6) is -0.273. The average Bonchev–Trinajstić information content (AvgIpc) is 2.74. The summed E-state index contributed by atoms with van der Waals surface area (Å²) in [6, 6.07) is 12.0. The van der Waals surface area contributed by atoms with Crippen molar-refractivity contribution in [2.24, 2.45) is 0 Å². The van der Waals surface area contributed by atoms with E-state index < -0.39 is 22.0 Å². The zero-order chi connectivity index (χ0) is 23.9. The molecule has 0 spiro atoms. The fraction of sp³-hybridized carbons (Fsp3) is 0.391. The summed E-state index contributed by atoms with van der Waals surface area (Å²) in [5, 5.41) is 5.57. The molecule has 2 rings (SSSR count). The van der Waals surface area contributed by atoms with E-state index in [-0.39, 0.29) is 11.9 Å². The predicted molar refractivity (Wildman–Crippen MR) is 127 cm³/mol. The second kappa shape index (κ2) is 11.0. The van der Waals surface area contributed by atoms with Crippen LogP contribution in [0.5, 0.6) is 5.75 Å². The molecule has 2 N–H and O–H groups in total. The van der Waals surface area contributed by atoms with Crippen molar-refractivity contribution < 1.29 is 22.7 Å². The fourth-order valence-corrected chi connectivity index (χ4v) is 4.27. The number of hydrogen-bond acceptors (Lipinski definition) is 5. The molecule has 32 heavy (non-hydrogen) atoms. The van der Waals surface area contributed by atoms with Crippen LogP contribution in [-0.4, -0.2) is 45.2 Å². The third-order valence-corrected chi connectivity index (χ3v) is 6.15. The van der Waals surface area contributed by atoms with Crippen molar-refractivity contribution in [3.05, 3.63) is 54.1 Å². The first kappa shape index (κ1) is 25.2. The Morgan fingerprint density at radius 3 is 2.22 bits per heavy atom. The lowest BCUT2D eigenvalue weighted by Gasteiger charge is -2.28. The third-order valence-electron chi connectivity index (χ3n) is 4.91. The summed E-state index contributed by atoms with van der Waals surface area (Å²) in [4.78, 5) is 25.6. The number of carbonyl (C=O) groups is 2. The van der Waals surface area contributed by atoms with Crippen LogP contribution in [0.4, 0.5) is 11.4 Å². The summed E-state index contributed by atoms with van der Waals surface area (Å²) in [5.41, 5.74) is 0.951. The van der Waals surface area contributed by atoms with Gasteiger partial charge in [-0.05, 0) is 63.6 Å². The lowest BCUT2D eigenvalue weighted by Crippen LogP contribution is -2.45. The normalized spacial score (nSPS) is 13.0. The van der Waals surface area contributed by atoms with E-state index in [9.17, 15) is 18.0 Å². The second-order valence-corrected chi connectivity index (χ2v) is 9.34. The maximum Gasteiger partial charge on any atom is 0.253 e. The van der Waals surface area contributed by atoms with Crippen LogP contribution in [0.3, 0.4) is 0 Å². The van der Waals surface area contributed by atoms with Crippen molar-refractivity contribution in [2.75, 3.05) is 22.5 Å². The van der Waals surface area contributed by atoms with Crippen molar-refractivity contribution in [3.8, 4) is 5.75 Å². The van der Waals surface area contributed by atoms with E-state index in [1.807, 2.05) is 20.8 Å². The molecule has 0 saturated heterocycles. The van der Waals surface area contributed by atoms with E-state index in [4.69, 9.17) is 4.74 Å². The first-order chi connectivity index (χ1) is 15.1. The topological polar surface area (TPSA) is 105 Å². The Balaban J connectivity index is 2.29. The Hall–Kier alpha value is -3.07. The molecule has 2 aromatic carbocycles. The number of hydrogen-bond donors (Lipinski definition) is 2. The first-order valence-corrected chi connectivity index (χ1v) is 12.4. The van der Waals surface area contributed by atoms with E-state index in [1.54, 1.807) is 48.5 Å². The van der Waals surface area contributed by atoms with Gasteiger partial charge >= 0.3 is 0 Å². The highest BCUT2D eigenvalue weighted by atomic mass is 32.2. The molecule has 2 amide bonds. The number of anilines is 2. The molecule has 0 aromatic heterocycles. The number of para-hydroxylation sites is 1. The maximum absolute atomic E-state index is 13.0. The van der Waals surface area contributed by atoms with Crippen LogP contribution >= 0.6 is 0 Å². The van der Waals surface area contributed by atoms with Gasteiger partial charge in [0.2, 0.25) is 15.9 Å². The molecule has 2 atom stereocenters. The minimum atomic E-state index is -3.77. The summed E-state index contributed by atoms with van der Waals surface area (Å²) in [6.45, 7) is 7.68. The first-order valence-electron chi connectivity index (χ1n) is 10.5. The molecular formula is C23H31N3O5S. The standard InChI is InChI=1S/C23H31N3O5S/c1-6-16(3)24-23(28)20-10-8-9-11-21(20)25-22(27)17(4)26(32(5,29)30)18-12-14-19(15-13-18)31-7-2/h8-17H,6-7H2,1-5H3,(H,24,28)(H,25,27). The number of carbonyl (C=O) groups excluding carboxylic acids is 2. The van der Waals surface area contributed by atoms with Crippen LogP contribution < -0.4 is 19.7 Å². The minimum Gasteiger partial charge on any atom is -0.494 e. The molecule has 0 radical (unpaired) electrons. The molecule has 2 aromatic rings. The summed E-state index contributed by atoms with van der Waals surface area (Å²) >= 11 is 0. The largest absolute Gasteiger partial charge is 0.494 e. The fourth-order valence-electron chi connectivity index (χ4n) is 3.10. The summed E-state index contributed by atoms with van der Waals surface area (Å²) in [7, 11) is -3.77. The van der Waals surface area contributed by atoms with Gasteiger partial charge < -0.3 is 15.4 Å². The molecule has 9 heteroatoms. The highest BCUT2D eigenvalue weighted by Gasteiger charge is 2.30. The van der Waals surface area contributed by atoms with Crippen molar-refractivity contribution in [3.63, 3.8) is 0 Å². The summed E-state index contributed by atoms with van der Waals surface area (Å²) < 4.78 is 31.5. The number of nitrogens with one attached hydrogen (secondary N) is 2. The number of amides is 2. The van der Waals surface area contributed by atoms with Gasteiger partial charge in [-0.25, -0.2) is 8.42 Å². The molecule has 0 aliphatic rings. The van der Waals surface area contributed by atoms with Gasteiger partial charge in [0.1, 0.15) is 11.8 Å². The van der Waals surface area contributed by atoms with Crippen molar-refractivity contribution in [2.45, 2.75) is 46.2 Å². The number of rotatable bonds is 10. The minimum absolute atomic E-state index is 0.0226. The summed E-state index contributed by atoms with van der Waals surface area (Å²) in [6.07, 6.45) is 1.81. The molecule has 0 aliphatic carbocycles. The molecule has 0 saturated carbocycles. The van der Waals surface area contributed by atoms with Gasteiger partial charge in [0, 0.05) is 6.04 Å². The van der Waals surface area contributed by atoms with E-state index in [1.165, 1.54) is 6.92 Å².